The van der Waals surface area contributed by atoms with Crippen molar-refractivity contribution in [2.45, 2.75) is 6.54 Å². The van der Waals surface area contributed by atoms with Crippen LogP contribution < -0.4 is 19.5 Å². The first-order valence-corrected chi connectivity index (χ1v) is 6.43. The maximum Gasteiger partial charge on any atom is 0.203 e. The van der Waals surface area contributed by atoms with Crippen LogP contribution in [0, 0.1) is 0 Å². The number of hydrogen-bond donors (Lipinski definition) is 0. The second-order valence-corrected chi connectivity index (χ2v) is 4.44. The summed E-state index contributed by atoms with van der Waals surface area (Å²) in [6.45, 7) is 4.67. The van der Waals surface area contributed by atoms with Crippen LogP contribution in [0.1, 0.15) is 5.56 Å². The maximum atomic E-state index is 5.50. The Labute approximate surface area is 114 Å². The summed E-state index contributed by atoms with van der Waals surface area (Å²) in [6.07, 6.45) is 0. The number of rotatable bonds is 5. The van der Waals surface area contributed by atoms with Crippen molar-refractivity contribution in [3.63, 3.8) is 0 Å². The first kappa shape index (κ1) is 14.0. The summed E-state index contributed by atoms with van der Waals surface area (Å²) in [6, 6.07) is 3.96. The lowest BCUT2D eigenvalue weighted by Gasteiger charge is -2.27. The van der Waals surface area contributed by atoms with Gasteiger partial charge in [-0.15, -0.1) is 0 Å². The molecule has 105 valence electrons. The predicted molar refractivity (Wildman–Crippen MR) is 73.2 cm³/mol. The van der Waals surface area contributed by atoms with E-state index in [1.807, 2.05) is 12.1 Å². The van der Waals surface area contributed by atoms with E-state index in [0.717, 1.165) is 44.0 Å². The van der Waals surface area contributed by atoms with Crippen LogP contribution in [0.25, 0.3) is 0 Å². The van der Waals surface area contributed by atoms with Crippen molar-refractivity contribution in [2.75, 3.05) is 47.5 Å². The molecule has 1 fully saturated rings. The molecule has 0 aliphatic carbocycles. The van der Waals surface area contributed by atoms with Gasteiger partial charge >= 0.3 is 0 Å². The second kappa shape index (κ2) is 6.63. The van der Waals surface area contributed by atoms with Gasteiger partial charge in [0.15, 0.2) is 11.5 Å². The van der Waals surface area contributed by atoms with E-state index >= 15 is 0 Å². The molecule has 5 heteroatoms. The third-order valence-corrected chi connectivity index (χ3v) is 3.33. The molecule has 0 atom stereocenters. The molecule has 1 radical (unpaired) electrons. The molecule has 1 aliphatic heterocycles. The van der Waals surface area contributed by atoms with Gasteiger partial charge in [-0.05, 0) is 6.07 Å². The van der Waals surface area contributed by atoms with Crippen molar-refractivity contribution in [2.24, 2.45) is 0 Å². The monoisotopic (exact) mass is 265 g/mol. The van der Waals surface area contributed by atoms with Crippen molar-refractivity contribution in [1.29, 1.82) is 0 Å². The highest BCUT2D eigenvalue weighted by molar-refractivity contribution is 5.55. The molecule has 0 unspecified atom stereocenters. The topological polar surface area (TPSA) is 45.0 Å². The Balaban J connectivity index is 2.23. The molecule has 1 heterocycles. The molecule has 0 aromatic heterocycles. The molecule has 0 saturated carbocycles. The average Bonchev–Trinajstić information content (AvgIpc) is 2.47. The highest BCUT2D eigenvalue weighted by Gasteiger charge is 2.18. The number of nitrogens with zero attached hydrogens (tertiary/aromatic N) is 2. The van der Waals surface area contributed by atoms with Crippen LogP contribution in [0.5, 0.6) is 17.2 Å². The van der Waals surface area contributed by atoms with E-state index in [4.69, 9.17) is 14.2 Å². The Morgan fingerprint density at radius 3 is 2.26 bits per heavy atom. The largest absolute Gasteiger partial charge is 0.493 e. The normalized spacial score (nSPS) is 16.2. The van der Waals surface area contributed by atoms with Gasteiger partial charge in [-0.1, -0.05) is 6.07 Å². The smallest absolute Gasteiger partial charge is 0.203 e. The van der Waals surface area contributed by atoms with E-state index in [1.165, 1.54) is 0 Å². The Morgan fingerprint density at radius 2 is 1.68 bits per heavy atom. The molecule has 0 N–H and O–H groups in total. The zero-order chi connectivity index (χ0) is 13.7. The molecule has 1 aromatic carbocycles. The molecular formula is C14H21N2O3. The molecule has 5 nitrogen and oxygen atoms in total. The highest BCUT2D eigenvalue weighted by atomic mass is 16.5. The van der Waals surface area contributed by atoms with Gasteiger partial charge in [-0.3, -0.25) is 4.90 Å². The van der Waals surface area contributed by atoms with Crippen molar-refractivity contribution in [3.8, 4) is 17.2 Å². The minimum absolute atomic E-state index is 0.657. The van der Waals surface area contributed by atoms with Gasteiger partial charge in [0.25, 0.3) is 0 Å². The second-order valence-electron chi connectivity index (χ2n) is 4.44. The summed E-state index contributed by atoms with van der Waals surface area (Å²) in [4.78, 5) is 2.37. The Bertz CT molecular complexity index is 417. The van der Waals surface area contributed by atoms with E-state index in [2.05, 4.69) is 10.2 Å². The van der Waals surface area contributed by atoms with E-state index in [0.29, 0.717) is 11.5 Å². The molecule has 0 spiro atoms. The van der Waals surface area contributed by atoms with Gasteiger partial charge in [0.2, 0.25) is 5.75 Å². The first-order chi connectivity index (χ1) is 9.30. The van der Waals surface area contributed by atoms with Gasteiger partial charge in [0.1, 0.15) is 0 Å². The molecule has 2 rings (SSSR count). The maximum absolute atomic E-state index is 5.50. The Morgan fingerprint density at radius 1 is 1.00 bits per heavy atom. The average molecular weight is 265 g/mol. The van der Waals surface area contributed by atoms with Gasteiger partial charge in [-0.2, -0.15) is 0 Å². The summed E-state index contributed by atoms with van der Waals surface area (Å²) in [5.74, 6) is 2.10. The van der Waals surface area contributed by atoms with Crippen molar-refractivity contribution < 1.29 is 14.2 Å². The molecular weight excluding hydrogens is 244 g/mol. The SMILES string of the molecule is COc1ccc(CN2CC[N]CC2)c(OC)c1OC. The molecule has 19 heavy (non-hydrogen) atoms. The number of methoxy groups -OCH3 is 3. The van der Waals surface area contributed by atoms with Crippen LogP contribution in [0.15, 0.2) is 12.1 Å². The molecule has 1 aliphatic rings. The quantitative estimate of drug-likeness (QED) is 0.800. The fourth-order valence-electron chi connectivity index (χ4n) is 2.33. The van der Waals surface area contributed by atoms with Crippen LogP contribution in [0.2, 0.25) is 0 Å². The summed E-state index contributed by atoms with van der Waals surface area (Å²) in [7, 11) is 4.92. The standard InChI is InChI=1S/C14H21N2O3/c1-17-12-5-4-11(13(18-2)14(12)19-3)10-16-8-6-15-7-9-16/h4-5H,6-10H2,1-3H3. The molecule has 1 saturated heterocycles. The van der Waals surface area contributed by atoms with Crippen LogP contribution in [-0.2, 0) is 6.54 Å². The lowest BCUT2D eigenvalue weighted by atomic mass is 10.1. The van der Waals surface area contributed by atoms with Crippen molar-refractivity contribution in [3.05, 3.63) is 17.7 Å². The zero-order valence-electron chi connectivity index (χ0n) is 11.8. The lowest BCUT2D eigenvalue weighted by molar-refractivity contribution is 0.226. The van der Waals surface area contributed by atoms with Crippen LogP contribution >= 0.6 is 0 Å². The molecule has 0 amide bonds. The van der Waals surface area contributed by atoms with Crippen molar-refractivity contribution in [1.82, 2.24) is 10.2 Å². The molecule has 0 bridgehead atoms. The number of piperazine rings is 1. The number of hydrogen-bond acceptors (Lipinski definition) is 4. The van der Waals surface area contributed by atoms with E-state index in [-0.39, 0.29) is 0 Å². The van der Waals surface area contributed by atoms with Gasteiger partial charge in [0.05, 0.1) is 21.3 Å². The van der Waals surface area contributed by atoms with Gasteiger partial charge in [0, 0.05) is 38.3 Å². The Hall–Kier alpha value is -1.46. The summed E-state index contributed by atoms with van der Waals surface area (Å²) in [5, 5.41) is 4.36. The van der Waals surface area contributed by atoms with Gasteiger partial charge in [-0.25, -0.2) is 5.32 Å². The first-order valence-electron chi connectivity index (χ1n) is 6.43. The van der Waals surface area contributed by atoms with Crippen LogP contribution in [0.3, 0.4) is 0 Å². The van der Waals surface area contributed by atoms with Gasteiger partial charge < -0.3 is 14.2 Å². The van der Waals surface area contributed by atoms with E-state index < -0.39 is 0 Å². The minimum atomic E-state index is 0.657. The molecule has 1 aromatic rings. The summed E-state index contributed by atoms with van der Waals surface area (Å²) < 4.78 is 16.2. The number of benzene rings is 1. The Kier molecular flexibility index (Phi) is 4.87. The summed E-state index contributed by atoms with van der Waals surface area (Å²) >= 11 is 0. The fourth-order valence-corrected chi connectivity index (χ4v) is 2.33. The van der Waals surface area contributed by atoms with Crippen LogP contribution in [-0.4, -0.2) is 52.4 Å². The zero-order valence-corrected chi connectivity index (χ0v) is 11.8. The summed E-state index contributed by atoms with van der Waals surface area (Å²) in [5.41, 5.74) is 1.11. The lowest BCUT2D eigenvalue weighted by Crippen LogP contribution is -2.39. The predicted octanol–water partition coefficient (Wildman–Crippen LogP) is 1.13. The van der Waals surface area contributed by atoms with E-state index in [1.54, 1.807) is 21.3 Å². The third kappa shape index (κ3) is 3.11. The third-order valence-electron chi connectivity index (χ3n) is 3.33. The van der Waals surface area contributed by atoms with E-state index in [9.17, 15) is 0 Å². The highest BCUT2D eigenvalue weighted by Crippen LogP contribution is 2.40. The van der Waals surface area contributed by atoms with Crippen LogP contribution in [0.4, 0.5) is 0 Å². The number of ether oxygens (including phenoxy) is 3. The fraction of sp³-hybridized carbons (Fsp3) is 0.571. The minimum Gasteiger partial charge on any atom is -0.493 e. The van der Waals surface area contributed by atoms with Crippen molar-refractivity contribution >= 4 is 0 Å².